The summed E-state index contributed by atoms with van der Waals surface area (Å²) in [6, 6.07) is 8.32. The standard InChI is InChI=1S/C19H14O6/c1-10-8-17(24)25-19-12(10)4-7-15(22)18(19)14(21)6-3-11-2-5-13(20)16(23)9-11/h2-9,20,22-23H,1H3/b6-3+. The molecule has 0 aliphatic carbocycles. The first-order valence-electron chi connectivity index (χ1n) is 7.37. The molecule has 6 nitrogen and oxygen atoms in total. The molecule has 0 amide bonds. The van der Waals surface area contributed by atoms with Crippen LogP contribution in [-0.4, -0.2) is 21.1 Å². The number of fused-ring (bicyclic) bond motifs is 1. The number of allylic oxidation sites excluding steroid dienone is 1. The van der Waals surface area contributed by atoms with E-state index in [2.05, 4.69) is 0 Å². The molecule has 0 radical (unpaired) electrons. The Bertz CT molecular complexity index is 1080. The van der Waals surface area contributed by atoms with Gasteiger partial charge in [-0.2, -0.15) is 0 Å². The fourth-order valence-electron chi connectivity index (χ4n) is 2.51. The summed E-state index contributed by atoms with van der Waals surface area (Å²) in [5.74, 6) is -1.45. The average molecular weight is 338 g/mol. The molecule has 0 bridgehead atoms. The molecule has 0 saturated heterocycles. The van der Waals surface area contributed by atoms with E-state index in [4.69, 9.17) is 4.42 Å². The van der Waals surface area contributed by atoms with E-state index in [-0.39, 0.29) is 28.4 Å². The number of aryl methyl sites for hydroxylation is 1. The van der Waals surface area contributed by atoms with Gasteiger partial charge in [0, 0.05) is 11.5 Å². The first-order valence-corrected chi connectivity index (χ1v) is 7.37. The number of carbonyl (C=O) groups excluding carboxylic acids is 1. The Hall–Kier alpha value is -3.54. The van der Waals surface area contributed by atoms with Crippen molar-refractivity contribution in [2.75, 3.05) is 0 Å². The van der Waals surface area contributed by atoms with Crippen LogP contribution < -0.4 is 5.63 Å². The first kappa shape index (κ1) is 16.3. The molecule has 0 aliphatic rings. The third-order valence-corrected chi connectivity index (χ3v) is 3.77. The molecule has 1 aromatic heterocycles. The molecule has 25 heavy (non-hydrogen) atoms. The smallest absolute Gasteiger partial charge is 0.336 e. The van der Waals surface area contributed by atoms with E-state index in [0.717, 1.165) is 0 Å². The van der Waals surface area contributed by atoms with Crippen molar-refractivity contribution in [2.45, 2.75) is 6.92 Å². The Kier molecular flexibility index (Phi) is 4.02. The highest BCUT2D eigenvalue weighted by molar-refractivity contribution is 6.15. The predicted molar refractivity (Wildman–Crippen MR) is 92.0 cm³/mol. The zero-order chi connectivity index (χ0) is 18.1. The molecule has 0 unspecified atom stereocenters. The zero-order valence-corrected chi connectivity index (χ0v) is 13.2. The van der Waals surface area contributed by atoms with Gasteiger partial charge in [0.1, 0.15) is 11.3 Å². The van der Waals surface area contributed by atoms with Gasteiger partial charge in [-0.05, 0) is 48.4 Å². The van der Waals surface area contributed by atoms with Gasteiger partial charge in [-0.25, -0.2) is 4.79 Å². The van der Waals surface area contributed by atoms with Crippen LogP contribution in [0.5, 0.6) is 17.2 Å². The van der Waals surface area contributed by atoms with Gasteiger partial charge < -0.3 is 19.7 Å². The second-order valence-electron chi connectivity index (χ2n) is 5.53. The number of hydrogen-bond acceptors (Lipinski definition) is 6. The fraction of sp³-hybridized carbons (Fsp3) is 0.0526. The molecule has 0 aliphatic heterocycles. The maximum Gasteiger partial charge on any atom is 0.336 e. The van der Waals surface area contributed by atoms with E-state index in [1.54, 1.807) is 13.0 Å². The highest BCUT2D eigenvalue weighted by atomic mass is 16.4. The van der Waals surface area contributed by atoms with Crippen molar-refractivity contribution < 1.29 is 24.5 Å². The maximum atomic E-state index is 12.5. The van der Waals surface area contributed by atoms with Crippen LogP contribution in [0.25, 0.3) is 17.0 Å². The van der Waals surface area contributed by atoms with E-state index < -0.39 is 11.4 Å². The Morgan fingerprint density at radius 1 is 1.00 bits per heavy atom. The van der Waals surface area contributed by atoms with E-state index in [0.29, 0.717) is 16.5 Å². The highest BCUT2D eigenvalue weighted by Gasteiger charge is 2.17. The van der Waals surface area contributed by atoms with Gasteiger partial charge in [-0.1, -0.05) is 12.1 Å². The van der Waals surface area contributed by atoms with Crippen molar-refractivity contribution in [3.63, 3.8) is 0 Å². The molecule has 3 rings (SSSR count). The lowest BCUT2D eigenvalue weighted by molar-refractivity contribution is 0.104. The summed E-state index contributed by atoms with van der Waals surface area (Å²) in [6.07, 6.45) is 2.59. The van der Waals surface area contributed by atoms with Gasteiger partial charge in [0.05, 0.1) is 0 Å². The van der Waals surface area contributed by atoms with Crippen molar-refractivity contribution in [3.05, 3.63) is 69.6 Å². The van der Waals surface area contributed by atoms with Crippen molar-refractivity contribution in [1.82, 2.24) is 0 Å². The molecule has 1 heterocycles. The van der Waals surface area contributed by atoms with Gasteiger partial charge in [-0.3, -0.25) is 4.79 Å². The van der Waals surface area contributed by atoms with Gasteiger partial charge >= 0.3 is 5.63 Å². The average Bonchev–Trinajstić information content (AvgIpc) is 2.55. The molecule has 0 fully saturated rings. The van der Waals surface area contributed by atoms with Crippen LogP contribution in [0, 0.1) is 6.92 Å². The Morgan fingerprint density at radius 3 is 2.44 bits per heavy atom. The van der Waals surface area contributed by atoms with Crippen molar-refractivity contribution in [1.29, 1.82) is 0 Å². The molecular formula is C19H14O6. The summed E-state index contributed by atoms with van der Waals surface area (Å²) in [7, 11) is 0. The van der Waals surface area contributed by atoms with Crippen LogP contribution in [0.3, 0.4) is 0 Å². The number of rotatable bonds is 3. The molecule has 3 N–H and O–H groups in total. The molecule has 0 saturated carbocycles. The summed E-state index contributed by atoms with van der Waals surface area (Å²) in [5.41, 5.74) is 0.400. The quantitative estimate of drug-likeness (QED) is 0.293. The largest absolute Gasteiger partial charge is 0.507 e. The molecule has 0 atom stereocenters. The molecular weight excluding hydrogens is 324 g/mol. The lowest BCUT2D eigenvalue weighted by Crippen LogP contribution is -2.03. The number of benzene rings is 2. The molecule has 3 aromatic rings. The summed E-state index contributed by atoms with van der Waals surface area (Å²) >= 11 is 0. The minimum Gasteiger partial charge on any atom is -0.507 e. The van der Waals surface area contributed by atoms with Crippen LogP contribution in [-0.2, 0) is 0 Å². The third kappa shape index (κ3) is 3.10. The fourth-order valence-corrected chi connectivity index (χ4v) is 2.51. The van der Waals surface area contributed by atoms with Gasteiger partial charge in [0.25, 0.3) is 0 Å². The minimum absolute atomic E-state index is 0.0215. The number of ketones is 1. The molecule has 126 valence electrons. The summed E-state index contributed by atoms with van der Waals surface area (Å²) in [4.78, 5) is 24.1. The van der Waals surface area contributed by atoms with Crippen LogP contribution >= 0.6 is 0 Å². The van der Waals surface area contributed by atoms with E-state index in [1.807, 2.05) is 0 Å². The Labute approximate surface area is 141 Å². The van der Waals surface area contributed by atoms with Crippen LogP contribution in [0.1, 0.15) is 21.5 Å². The number of carbonyl (C=O) groups is 1. The summed E-state index contributed by atoms with van der Waals surface area (Å²) in [6.45, 7) is 1.71. The maximum absolute atomic E-state index is 12.5. The van der Waals surface area contributed by atoms with E-state index in [9.17, 15) is 24.9 Å². The normalized spacial score (nSPS) is 11.2. The van der Waals surface area contributed by atoms with E-state index in [1.165, 1.54) is 42.5 Å². The number of aromatic hydroxyl groups is 3. The molecule has 0 spiro atoms. The zero-order valence-electron chi connectivity index (χ0n) is 13.2. The number of phenolic OH excluding ortho intramolecular Hbond substituents is 3. The van der Waals surface area contributed by atoms with Gasteiger partial charge in [-0.15, -0.1) is 0 Å². The molecule has 6 heteroatoms. The first-order chi connectivity index (χ1) is 11.9. The van der Waals surface area contributed by atoms with Gasteiger partial charge in [0.15, 0.2) is 22.9 Å². The van der Waals surface area contributed by atoms with Crippen molar-refractivity contribution in [3.8, 4) is 17.2 Å². The predicted octanol–water partition coefficient (Wildman–Crippen LogP) is 3.11. The summed E-state index contributed by atoms with van der Waals surface area (Å²) in [5, 5.41) is 29.4. The third-order valence-electron chi connectivity index (χ3n) is 3.77. The topological polar surface area (TPSA) is 108 Å². The van der Waals surface area contributed by atoms with Crippen LogP contribution in [0.15, 0.2) is 51.7 Å². The van der Waals surface area contributed by atoms with Crippen molar-refractivity contribution >= 4 is 22.8 Å². The second kappa shape index (κ2) is 6.16. The summed E-state index contributed by atoms with van der Waals surface area (Å²) < 4.78 is 5.12. The monoisotopic (exact) mass is 338 g/mol. The Balaban J connectivity index is 2.07. The number of hydrogen-bond donors (Lipinski definition) is 3. The van der Waals surface area contributed by atoms with E-state index >= 15 is 0 Å². The number of phenols is 3. The minimum atomic E-state index is -0.614. The Morgan fingerprint density at radius 2 is 1.72 bits per heavy atom. The molecule has 2 aromatic carbocycles. The highest BCUT2D eigenvalue weighted by Crippen LogP contribution is 2.29. The SMILES string of the molecule is Cc1cc(=O)oc2c(C(=O)/C=C/c3ccc(O)c(O)c3)c(O)ccc12. The van der Waals surface area contributed by atoms with Crippen LogP contribution in [0.4, 0.5) is 0 Å². The lowest BCUT2D eigenvalue weighted by Gasteiger charge is -2.06. The van der Waals surface area contributed by atoms with Crippen molar-refractivity contribution in [2.24, 2.45) is 0 Å². The van der Waals surface area contributed by atoms with Crippen LogP contribution in [0.2, 0.25) is 0 Å². The second-order valence-corrected chi connectivity index (χ2v) is 5.53. The van der Waals surface area contributed by atoms with Gasteiger partial charge in [0.2, 0.25) is 0 Å². The lowest BCUT2D eigenvalue weighted by atomic mass is 10.0.